The van der Waals surface area contributed by atoms with Crippen molar-refractivity contribution in [3.63, 3.8) is 0 Å². The summed E-state index contributed by atoms with van der Waals surface area (Å²) in [6.07, 6.45) is 0. The van der Waals surface area contributed by atoms with Crippen LogP contribution in [-0.2, 0) is 20.6 Å². The number of sulfonamides is 1. The maximum atomic E-state index is 13.5. The Morgan fingerprint density at radius 1 is 0.861 bits per heavy atom. The van der Waals surface area contributed by atoms with Gasteiger partial charge in [-0.25, -0.2) is 12.8 Å². The van der Waals surface area contributed by atoms with Crippen molar-refractivity contribution in [3.05, 3.63) is 120 Å². The van der Waals surface area contributed by atoms with Crippen LogP contribution in [0.2, 0.25) is 5.02 Å². The van der Waals surface area contributed by atoms with Crippen LogP contribution in [0.25, 0.3) is 0 Å². The van der Waals surface area contributed by atoms with Gasteiger partial charge in [-0.3, -0.25) is 9.10 Å². The van der Waals surface area contributed by atoms with Crippen molar-refractivity contribution in [3.8, 4) is 0 Å². The Labute approximate surface area is 219 Å². The number of nitrogens with one attached hydrogen (secondary N) is 1. The van der Waals surface area contributed by atoms with Gasteiger partial charge in [0.05, 0.1) is 16.3 Å². The zero-order valence-corrected chi connectivity index (χ0v) is 21.4. The fourth-order valence-electron chi connectivity index (χ4n) is 3.40. The molecular weight excluding hydrogens is 519 g/mol. The summed E-state index contributed by atoms with van der Waals surface area (Å²) in [7, 11) is -4.08. The van der Waals surface area contributed by atoms with E-state index in [1.54, 1.807) is 30.3 Å². The van der Waals surface area contributed by atoms with Crippen molar-refractivity contribution < 1.29 is 17.6 Å². The lowest BCUT2D eigenvalue weighted by Crippen LogP contribution is -2.38. The van der Waals surface area contributed by atoms with E-state index < -0.39 is 28.3 Å². The molecule has 0 atom stereocenters. The molecule has 0 fully saturated rings. The van der Waals surface area contributed by atoms with Crippen molar-refractivity contribution in [2.75, 3.05) is 16.2 Å². The Hall–Kier alpha value is -3.33. The van der Waals surface area contributed by atoms with E-state index in [-0.39, 0.29) is 10.6 Å². The lowest BCUT2D eigenvalue weighted by Gasteiger charge is -2.24. The first kappa shape index (κ1) is 25.8. The van der Waals surface area contributed by atoms with Crippen LogP contribution in [0.15, 0.2) is 113 Å². The minimum Gasteiger partial charge on any atom is -0.323 e. The van der Waals surface area contributed by atoms with Gasteiger partial charge >= 0.3 is 0 Å². The van der Waals surface area contributed by atoms with Crippen molar-refractivity contribution in [1.29, 1.82) is 0 Å². The average molecular weight is 541 g/mol. The van der Waals surface area contributed by atoms with Gasteiger partial charge < -0.3 is 5.32 Å². The first-order valence-corrected chi connectivity index (χ1v) is 13.7. The molecule has 0 radical (unpaired) electrons. The van der Waals surface area contributed by atoms with Gasteiger partial charge in [0.15, 0.2) is 0 Å². The van der Waals surface area contributed by atoms with Gasteiger partial charge in [0, 0.05) is 15.7 Å². The van der Waals surface area contributed by atoms with Gasteiger partial charge in [-0.1, -0.05) is 54.1 Å². The summed E-state index contributed by atoms with van der Waals surface area (Å²) in [5.74, 6) is -0.376. The second kappa shape index (κ2) is 11.6. The third-order valence-corrected chi connectivity index (χ3v) is 8.39. The highest BCUT2D eigenvalue weighted by Gasteiger charge is 2.27. The summed E-state index contributed by atoms with van der Waals surface area (Å²) in [5, 5.41) is 3.49. The lowest BCUT2D eigenvalue weighted by molar-refractivity contribution is -0.114. The molecule has 0 aliphatic heterocycles. The quantitative estimate of drug-likeness (QED) is 0.243. The van der Waals surface area contributed by atoms with Gasteiger partial charge in [0.25, 0.3) is 10.0 Å². The van der Waals surface area contributed by atoms with Crippen LogP contribution < -0.4 is 9.62 Å². The molecule has 36 heavy (non-hydrogen) atoms. The fourth-order valence-corrected chi connectivity index (χ4v) is 5.93. The highest BCUT2D eigenvalue weighted by Crippen LogP contribution is 2.31. The molecule has 0 saturated heterocycles. The predicted molar refractivity (Wildman–Crippen MR) is 143 cm³/mol. The number of amides is 1. The maximum Gasteiger partial charge on any atom is 0.264 e. The number of hydrogen-bond acceptors (Lipinski definition) is 4. The molecule has 4 aromatic rings. The summed E-state index contributed by atoms with van der Waals surface area (Å²) in [6.45, 7) is -0.487. The number of thioether (sulfide) groups is 1. The van der Waals surface area contributed by atoms with Crippen molar-refractivity contribution in [2.45, 2.75) is 15.5 Å². The lowest BCUT2D eigenvalue weighted by atomic mass is 10.2. The number of carbonyl (C=O) groups excluding carboxylic acids is 1. The monoisotopic (exact) mass is 540 g/mol. The molecule has 0 saturated carbocycles. The zero-order chi connectivity index (χ0) is 25.5. The van der Waals surface area contributed by atoms with Gasteiger partial charge in [-0.2, -0.15) is 0 Å². The SMILES string of the molecule is O=C(CN(c1ccc(F)cc1)S(=O)(=O)c1ccccc1)Nc1ccccc1SCc1ccc(Cl)cc1. The van der Waals surface area contributed by atoms with Gasteiger partial charge in [0.2, 0.25) is 5.91 Å². The first-order valence-electron chi connectivity index (χ1n) is 10.9. The van der Waals surface area contributed by atoms with Crippen LogP contribution in [0, 0.1) is 5.82 Å². The number of benzene rings is 4. The molecule has 0 unspecified atom stereocenters. The Bertz CT molecular complexity index is 1430. The highest BCUT2D eigenvalue weighted by molar-refractivity contribution is 7.98. The van der Waals surface area contributed by atoms with Crippen LogP contribution in [-0.4, -0.2) is 20.9 Å². The van der Waals surface area contributed by atoms with E-state index >= 15 is 0 Å². The molecule has 0 aromatic heterocycles. The van der Waals surface area contributed by atoms with Crippen LogP contribution in [0.3, 0.4) is 0 Å². The van der Waals surface area contributed by atoms with E-state index in [2.05, 4.69) is 5.32 Å². The van der Waals surface area contributed by atoms with E-state index in [0.717, 1.165) is 26.9 Å². The van der Waals surface area contributed by atoms with Crippen LogP contribution >= 0.6 is 23.4 Å². The molecule has 5 nitrogen and oxygen atoms in total. The van der Waals surface area contributed by atoms with E-state index in [4.69, 9.17) is 11.6 Å². The summed E-state index contributed by atoms with van der Waals surface area (Å²) in [4.78, 5) is 14.0. The molecule has 9 heteroatoms. The van der Waals surface area contributed by atoms with Crippen LogP contribution in [0.4, 0.5) is 15.8 Å². The Kier molecular flexibility index (Phi) is 8.30. The largest absolute Gasteiger partial charge is 0.323 e. The van der Waals surface area contributed by atoms with E-state index in [9.17, 15) is 17.6 Å². The molecule has 0 heterocycles. The number of nitrogens with zero attached hydrogens (tertiary/aromatic N) is 1. The summed E-state index contributed by atoms with van der Waals surface area (Å²) in [5.41, 5.74) is 1.82. The number of halogens is 2. The summed E-state index contributed by atoms with van der Waals surface area (Å²) < 4.78 is 41.3. The van der Waals surface area contributed by atoms with Crippen molar-refractivity contribution in [1.82, 2.24) is 0 Å². The number of hydrogen-bond donors (Lipinski definition) is 1. The Morgan fingerprint density at radius 3 is 2.19 bits per heavy atom. The first-order chi connectivity index (χ1) is 17.3. The fraction of sp³-hybridized carbons (Fsp3) is 0.0741. The second-order valence-corrected chi connectivity index (χ2v) is 11.1. The molecular formula is C27H22ClFN2O3S2. The van der Waals surface area contributed by atoms with E-state index in [1.807, 2.05) is 36.4 Å². The Morgan fingerprint density at radius 2 is 1.50 bits per heavy atom. The van der Waals surface area contributed by atoms with Gasteiger partial charge in [-0.05, 0) is 66.2 Å². The minimum atomic E-state index is -4.08. The molecule has 1 amide bonds. The molecule has 4 rings (SSSR count). The van der Waals surface area contributed by atoms with E-state index in [1.165, 1.54) is 36.0 Å². The smallest absolute Gasteiger partial charge is 0.264 e. The number of para-hydroxylation sites is 1. The summed E-state index contributed by atoms with van der Waals surface area (Å²) >= 11 is 7.49. The number of anilines is 2. The average Bonchev–Trinajstić information content (AvgIpc) is 2.89. The van der Waals surface area contributed by atoms with Crippen molar-refractivity contribution >= 4 is 50.7 Å². The third kappa shape index (κ3) is 6.46. The van der Waals surface area contributed by atoms with Gasteiger partial charge in [-0.15, -0.1) is 11.8 Å². The van der Waals surface area contributed by atoms with Crippen molar-refractivity contribution in [2.24, 2.45) is 0 Å². The summed E-state index contributed by atoms with van der Waals surface area (Å²) in [6, 6.07) is 27.6. The van der Waals surface area contributed by atoms with E-state index in [0.29, 0.717) is 16.5 Å². The normalized spacial score (nSPS) is 11.2. The predicted octanol–water partition coefficient (Wildman–Crippen LogP) is 6.61. The van der Waals surface area contributed by atoms with Crippen LogP contribution in [0.5, 0.6) is 0 Å². The molecule has 0 bridgehead atoms. The standard InChI is InChI=1S/C27H22ClFN2O3S2/c28-21-12-10-20(11-13-21)19-35-26-9-5-4-8-25(26)30-27(32)18-31(23-16-14-22(29)15-17-23)36(33,34)24-6-2-1-3-7-24/h1-17H,18-19H2,(H,30,32). The molecule has 0 aliphatic carbocycles. The zero-order valence-electron chi connectivity index (χ0n) is 19.0. The second-order valence-electron chi connectivity index (χ2n) is 7.76. The van der Waals surface area contributed by atoms with Gasteiger partial charge in [0.1, 0.15) is 12.4 Å². The topological polar surface area (TPSA) is 66.5 Å². The molecule has 4 aromatic carbocycles. The maximum absolute atomic E-state index is 13.5. The number of carbonyl (C=O) groups is 1. The minimum absolute atomic E-state index is 0.0287. The third-order valence-electron chi connectivity index (χ3n) is 5.20. The number of rotatable bonds is 9. The molecule has 0 aliphatic rings. The Balaban J connectivity index is 1.55. The van der Waals surface area contributed by atoms with Crippen LogP contribution in [0.1, 0.15) is 5.56 Å². The molecule has 1 N–H and O–H groups in total. The highest BCUT2D eigenvalue weighted by atomic mass is 35.5. The molecule has 0 spiro atoms. The molecule has 184 valence electrons.